The molecule has 0 radical (unpaired) electrons. The van der Waals surface area contributed by atoms with Gasteiger partial charge in [-0.05, 0) is 0 Å². The molecule has 0 saturated carbocycles. The van der Waals surface area contributed by atoms with Crippen LogP contribution in [0, 0.1) is 5.92 Å². The first-order valence-corrected chi connectivity index (χ1v) is 6.21. The summed E-state index contributed by atoms with van der Waals surface area (Å²) < 4.78 is 1.59. The van der Waals surface area contributed by atoms with Gasteiger partial charge in [-0.15, -0.1) is 0 Å². The van der Waals surface area contributed by atoms with Crippen LogP contribution < -0.4 is 16.4 Å². The summed E-state index contributed by atoms with van der Waals surface area (Å²) in [4.78, 5) is 23.0. The third kappa shape index (κ3) is 4.70. The van der Waals surface area contributed by atoms with Crippen LogP contribution >= 0.6 is 0 Å². The number of amides is 2. The van der Waals surface area contributed by atoms with E-state index in [1.54, 1.807) is 24.1 Å². The highest BCUT2D eigenvalue weighted by molar-refractivity contribution is 5.83. The fourth-order valence-corrected chi connectivity index (χ4v) is 1.44. The van der Waals surface area contributed by atoms with Crippen LogP contribution in [0.25, 0.3) is 0 Å². The Kier molecular flexibility index (Phi) is 5.50. The highest BCUT2D eigenvalue weighted by atomic mass is 16.2. The fraction of sp³-hybridized carbons (Fsp3) is 0.583. The van der Waals surface area contributed by atoms with Crippen LogP contribution in [0.15, 0.2) is 12.4 Å². The van der Waals surface area contributed by atoms with E-state index in [0.29, 0.717) is 18.7 Å². The highest BCUT2D eigenvalue weighted by Gasteiger charge is 2.16. The van der Waals surface area contributed by atoms with Crippen LogP contribution in [-0.2, 0) is 16.6 Å². The van der Waals surface area contributed by atoms with Crippen molar-refractivity contribution >= 4 is 11.8 Å². The number of carbonyl (C=O) groups excluding carboxylic acids is 2. The fourth-order valence-electron chi connectivity index (χ4n) is 1.44. The quantitative estimate of drug-likeness (QED) is 0.594. The zero-order chi connectivity index (χ0) is 14.4. The average molecular weight is 267 g/mol. The van der Waals surface area contributed by atoms with Gasteiger partial charge in [0.25, 0.3) is 0 Å². The molecule has 1 atom stereocenters. The Hall–Kier alpha value is -1.89. The SMILES string of the molecule is CC(C)C(=O)NCCNC(=O)C(N)c1cnn(C)c1. The van der Waals surface area contributed by atoms with E-state index in [4.69, 9.17) is 5.73 Å². The van der Waals surface area contributed by atoms with E-state index in [0.717, 1.165) is 0 Å². The van der Waals surface area contributed by atoms with E-state index in [1.807, 2.05) is 13.8 Å². The molecule has 19 heavy (non-hydrogen) atoms. The molecule has 4 N–H and O–H groups in total. The molecule has 2 amide bonds. The summed E-state index contributed by atoms with van der Waals surface area (Å²) in [6.07, 6.45) is 3.26. The molecule has 0 aromatic carbocycles. The first-order chi connectivity index (χ1) is 8.91. The molecule has 1 aromatic heterocycles. The monoisotopic (exact) mass is 267 g/mol. The summed E-state index contributed by atoms with van der Waals surface area (Å²) >= 11 is 0. The van der Waals surface area contributed by atoms with Crippen molar-refractivity contribution in [1.29, 1.82) is 0 Å². The molecular weight excluding hydrogens is 246 g/mol. The lowest BCUT2D eigenvalue weighted by Gasteiger charge is -2.11. The maximum Gasteiger partial charge on any atom is 0.241 e. The van der Waals surface area contributed by atoms with Gasteiger partial charge < -0.3 is 16.4 Å². The molecule has 1 aromatic rings. The Balaban J connectivity index is 2.30. The van der Waals surface area contributed by atoms with Crippen molar-refractivity contribution in [1.82, 2.24) is 20.4 Å². The summed E-state index contributed by atoms with van der Waals surface area (Å²) in [6, 6.07) is -0.741. The van der Waals surface area contributed by atoms with Gasteiger partial charge in [-0.3, -0.25) is 14.3 Å². The number of rotatable bonds is 6. The molecule has 0 aliphatic rings. The van der Waals surface area contributed by atoms with E-state index in [9.17, 15) is 9.59 Å². The van der Waals surface area contributed by atoms with Gasteiger partial charge in [0.15, 0.2) is 0 Å². The molecule has 0 aliphatic heterocycles. The van der Waals surface area contributed by atoms with Gasteiger partial charge in [-0.25, -0.2) is 0 Å². The molecule has 1 rings (SSSR count). The van der Waals surface area contributed by atoms with E-state index >= 15 is 0 Å². The molecular formula is C12H21N5O2. The van der Waals surface area contributed by atoms with E-state index in [1.165, 1.54) is 0 Å². The summed E-state index contributed by atoms with van der Waals surface area (Å²) in [7, 11) is 1.76. The Morgan fingerprint density at radius 1 is 1.32 bits per heavy atom. The van der Waals surface area contributed by atoms with Crippen LogP contribution in [0.3, 0.4) is 0 Å². The Labute approximate surface area is 112 Å². The van der Waals surface area contributed by atoms with Crippen molar-refractivity contribution in [3.05, 3.63) is 18.0 Å². The second-order valence-corrected chi connectivity index (χ2v) is 4.66. The minimum atomic E-state index is -0.741. The van der Waals surface area contributed by atoms with Crippen molar-refractivity contribution in [2.75, 3.05) is 13.1 Å². The number of hydrogen-bond donors (Lipinski definition) is 3. The van der Waals surface area contributed by atoms with E-state index in [-0.39, 0.29) is 17.7 Å². The number of nitrogens with two attached hydrogens (primary N) is 1. The number of hydrogen-bond acceptors (Lipinski definition) is 4. The molecule has 1 heterocycles. The Bertz CT molecular complexity index is 441. The third-order valence-corrected chi connectivity index (χ3v) is 2.61. The predicted molar refractivity (Wildman–Crippen MR) is 71.0 cm³/mol. The lowest BCUT2D eigenvalue weighted by molar-refractivity contribution is -0.125. The summed E-state index contributed by atoms with van der Waals surface area (Å²) in [6.45, 7) is 4.37. The van der Waals surface area contributed by atoms with Gasteiger partial charge in [0.05, 0.1) is 6.20 Å². The maximum absolute atomic E-state index is 11.7. The second kappa shape index (κ2) is 6.89. The second-order valence-electron chi connectivity index (χ2n) is 4.66. The first kappa shape index (κ1) is 15.2. The van der Waals surface area contributed by atoms with Crippen LogP contribution in [0.1, 0.15) is 25.5 Å². The van der Waals surface area contributed by atoms with Gasteiger partial charge in [0.1, 0.15) is 6.04 Å². The molecule has 0 saturated heterocycles. The van der Waals surface area contributed by atoms with Crippen LogP contribution in [-0.4, -0.2) is 34.7 Å². The van der Waals surface area contributed by atoms with E-state index in [2.05, 4.69) is 15.7 Å². The number of aromatic nitrogens is 2. The lowest BCUT2D eigenvalue weighted by Crippen LogP contribution is -2.40. The molecule has 106 valence electrons. The van der Waals surface area contributed by atoms with Crippen molar-refractivity contribution in [2.45, 2.75) is 19.9 Å². The zero-order valence-electron chi connectivity index (χ0n) is 11.5. The highest BCUT2D eigenvalue weighted by Crippen LogP contribution is 2.07. The van der Waals surface area contributed by atoms with Crippen LogP contribution in [0.4, 0.5) is 0 Å². The van der Waals surface area contributed by atoms with Crippen LogP contribution in [0.2, 0.25) is 0 Å². The van der Waals surface area contributed by atoms with Gasteiger partial charge in [-0.2, -0.15) is 5.10 Å². The predicted octanol–water partition coefficient (Wildman–Crippen LogP) is -0.692. The smallest absolute Gasteiger partial charge is 0.241 e. The van der Waals surface area contributed by atoms with Gasteiger partial charge in [0.2, 0.25) is 11.8 Å². The zero-order valence-corrected chi connectivity index (χ0v) is 11.5. The Morgan fingerprint density at radius 2 is 1.89 bits per heavy atom. The van der Waals surface area contributed by atoms with Crippen molar-refractivity contribution in [3.8, 4) is 0 Å². The van der Waals surface area contributed by atoms with Gasteiger partial charge >= 0.3 is 0 Å². The summed E-state index contributed by atoms with van der Waals surface area (Å²) in [5, 5.41) is 9.34. The van der Waals surface area contributed by atoms with Crippen molar-refractivity contribution in [2.24, 2.45) is 18.7 Å². The standard InChI is InChI=1S/C12H21N5O2/c1-8(2)11(18)14-4-5-15-12(19)10(13)9-6-16-17(3)7-9/h6-8,10H,4-5,13H2,1-3H3,(H,14,18)(H,15,19). The molecule has 0 spiro atoms. The topological polar surface area (TPSA) is 102 Å². The lowest BCUT2D eigenvalue weighted by atomic mass is 10.1. The number of nitrogens with one attached hydrogen (secondary N) is 2. The molecule has 0 bridgehead atoms. The summed E-state index contributed by atoms with van der Waals surface area (Å²) in [5.41, 5.74) is 6.45. The molecule has 7 heteroatoms. The average Bonchev–Trinajstić information content (AvgIpc) is 2.79. The summed E-state index contributed by atoms with van der Waals surface area (Å²) in [5.74, 6) is -0.383. The minimum absolute atomic E-state index is 0.0363. The van der Waals surface area contributed by atoms with Crippen molar-refractivity contribution in [3.63, 3.8) is 0 Å². The Morgan fingerprint density at radius 3 is 2.37 bits per heavy atom. The normalized spacial score (nSPS) is 12.3. The maximum atomic E-state index is 11.7. The van der Waals surface area contributed by atoms with Gasteiger partial charge in [-0.1, -0.05) is 13.8 Å². The minimum Gasteiger partial charge on any atom is -0.354 e. The number of aryl methyl sites for hydroxylation is 1. The van der Waals surface area contributed by atoms with Gasteiger partial charge in [0, 0.05) is 37.8 Å². The third-order valence-electron chi connectivity index (χ3n) is 2.61. The van der Waals surface area contributed by atoms with Crippen LogP contribution in [0.5, 0.6) is 0 Å². The molecule has 7 nitrogen and oxygen atoms in total. The largest absolute Gasteiger partial charge is 0.354 e. The first-order valence-electron chi connectivity index (χ1n) is 6.21. The van der Waals surface area contributed by atoms with E-state index < -0.39 is 6.04 Å². The number of nitrogens with zero attached hydrogens (tertiary/aromatic N) is 2. The van der Waals surface area contributed by atoms with Crippen molar-refractivity contribution < 1.29 is 9.59 Å². The molecule has 0 fully saturated rings. The number of carbonyl (C=O) groups is 2. The molecule has 1 unspecified atom stereocenters. The molecule has 0 aliphatic carbocycles.